The molecule has 0 radical (unpaired) electrons. The van der Waals surface area contributed by atoms with Gasteiger partial charge in [0.05, 0.1) is 19.1 Å². The summed E-state index contributed by atoms with van der Waals surface area (Å²) < 4.78 is 12.4. The fourth-order valence-electron chi connectivity index (χ4n) is 1.70. The molecule has 2 aromatic rings. The Kier molecular flexibility index (Phi) is 6.25. The van der Waals surface area contributed by atoms with Crippen LogP contribution in [-0.2, 0) is 33.8 Å². The minimum atomic E-state index is -0.653. The lowest BCUT2D eigenvalue weighted by atomic mass is 10.2. The van der Waals surface area contributed by atoms with Gasteiger partial charge in [0.2, 0.25) is 0 Å². The first-order chi connectivity index (χ1) is 10.7. The number of nitrogens with zero attached hydrogens (tertiary/aromatic N) is 3. The average Bonchev–Trinajstić information content (AvgIpc) is 2.99. The summed E-state index contributed by atoms with van der Waals surface area (Å²) >= 11 is 0. The van der Waals surface area contributed by atoms with E-state index in [9.17, 15) is 4.79 Å². The van der Waals surface area contributed by atoms with Crippen molar-refractivity contribution < 1.29 is 14.3 Å². The highest BCUT2D eigenvalue weighted by Crippen LogP contribution is 2.06. The predicted molar refractivity (Wildman–Crippen MR) is 84.6 cm³/mol. The van der Waals surface area contributed by atoms with Crippen molar-refractivity contribution in [2.24, 2.45) is 0 Å². The van der Waals surface area contributed by atoms with Crippen LogP contribution in [0.5, 0.6) is 0 Å². The van der Waals surface area contributed by atoms with Gasteiger partial charge in [-0.3, -0.25) is 0 Å². The molecule has 0 bridgehead atoms. The van der Waals surface area contributed by atoms with Crippen LogP contribution in [0.2, 0.25) is 0 Å². The van der Waals surface area contributed by atoms with Gasteiger partial charge in [0.1, 0.15) is 12.3 Å². The van der Waals surface area contributed by atoms with E-state index in [1.165, 1.54) is 0 Å². The molecule has 0 aliphatic heterocycles. The molecular formula is C15H18N3O3P. The Morgan fingerprint density at radius 2 is 2.14 bits per heavy atom. The molecule has 22 heavy (non-hydrogen) atoms. The molecule has 1 aromatic heterocycles. The van der Waals surface area contributed by atoms with Crippen molar-refractivity contribution in [1.29, 1.82) is 0 Å². The highest BCUT2D eigenvalue weighted by atomic mass is 31.1. The van der Waals surface area contributed by atoms with Crippen LogP contribution in [-0.4, -0.2) is 33.4 Å². The van der Waals surface area contributed by atoms with Gasteiger partial charge >= 0.3 is 5.97 Å². The molecule has 0 aliphatic carbocycles. The van der Waals surface area contributed by atoms with Crippen molar-refractivity contribution in [2.45, 2.75) is 32.5 Å². The number of rotatable bonds is 8. The predicted octanol–water partition coefficient (Wildman–Crippen LogP) is 2.26. The van der Waals surface area contributed by atoms with E-state index in [0.717, 1.165) is 13.8 Å². The molecule has 0 spiro atoms. The Balaban J connectivity index is 1.74. The monoisotopic (exact) mass is 319 g/mol. The van der Waals surface area contributed by atoms with Crippen molar-refractivity contribution in [3.63, 3.8) is 0 Å². The zero-order chi connectivity index (χ0) is 15.8. The number of aromatic nitrogens is 3. The zero-order valence-corrected chi connectivity index (χ0v) is 13.3. The Hall–Kier alpha value is -2.04. The Morgan fingerprint density at radius 1 is 1.36 bits per heavy atom. The standard InChI is InChI=1S/C15H18N3O3P/c1-12(15(19)21-9-13-6-4-3-5-7-13)20-10-14-8-18(11-22-2)17-16-14/h3-8,12H,2,9-11H2,1H3. The van der Waals surface area contributed by atoms with Crippen molar-refractivity contribution >= 4 is 20.5 Å². The maximum absolute atomic E-state index is 11.8. The Bertz CT molecular complexity index is 616. The molecule has 0 saturated heterocycles. The quantitative estimate of drug-likeness (QED) is 0.551. The minimum absolute atomic E-state index is 0.218. The van der Waals surface area contributed by atoms with Crippen molar-refractivity contribution in [3.05, 3.63) is 47.8 Å². The smallest absolute Gasteiger partial charge is 0.335 e. The zero-order valence-electron chi connectivity index (χ0n) is 12.4. The van der Waals surface area contributed by atoms with E-state index in [4.69, 9.17) is 9.47 Å². The normalized spacial score (nSPS) is 12.2. The number of carbonyl (C=O) groups is 1. The molecule has 116 valence electrons. The molecular weight excluding hydrogens is 301 g/mol. The maximum atomic E-state index is 11.8. The molecule has 7 heteroatoms. The van der Waals surface area contributed by atoms with Gasteiger partial charge < -0.3 is 9.47 Å². The molecule has 6 nitrogen and oxygen atoms in total. The molecule has 2 rings (SSSR count). The van der Waals surface area contributed by atoms with Crippen molar-refractivity contribution in [1.82, 2.24) is 15.0 Å². The number of hydrogen-bond donors (Lipinski definition) is 0. The summed E-state index contributed by atoms with van der Waals surface area (Å²) in [6.45, 7) is 2.12. The van der Waals surface area contributed by atoms with Crippen molar-refractivity contribution in [2.75, 3.05) is 0 Å². The Morgan fingerprint density at radius 3 is 2.86 bits per heavy atom. The van der Waals surface area contributed by atoms with E-state index >= 15 is 0 Å². The van der Waals surface area contributed by atoms with Gasteiger partial charge in [-0.1, -0.05) is 50.0 Å². The largest absolute Gasteiger partial charge is 0.459 e. The number of carbonyl (C=O) groups excluding carboxylic acids is 1. The number of ether oxygens (including phenoxy) is 2. The first kappa shape index (κ1) is 16.3. The second kappa shape index (κ2) is 8.41. The van der Waals surface area contributed by atoms with Gasteiger partial charge in [0.15, 0.2) is 6.10 Å². The van der Waals surface area contributed by atoms with E-state index in [-0.39, 0.29) is 13.2 Å². The lowest BCUT2D eigenvalue weighted by molar-refractivity contribution is -0.158. The van der Waals surface area contributed by atoms with E-state index in [2.05, 4.69) is 16.6 Å². The molecule has 1 atom stereocenters. The molecule has 0 aliphatic rings. The third-order valence-electron chi connectivity index (χ3n) is 2.87. The van der Waals surface area contributed by atoms with Gasteiger partial charge in [0.25, 0.3) is 0 Å². The number of benzene rings is 1. The fraction of sp³-hybridized carbons (Fsp3) is 0.333. The number of esters is 1. The lowest BCUT2D eigenvalue weighted by Crippen LogP contribution is -2.23. The van der Waals surface area contributed by atoms with E-state index < -0.39 is 12.1 Å². The van der Waals surface area contributed by atoms with Gasteiger partial charge in [-0.05, 0) is 12.5 Å². The van der Waals surface area contributed by atoms with E-state index in [1.54, 1.807) is 17.8 Å². The summed E-state index contributed by atoms with van der Waals surface area (Å²) in [6.07, 6.45) is 5.53. The van der Waals surface area contributed by atoms with Crippen LogP contribution in [0.25, 0.3) is 0 Å². The summed E-state index contributed by atoms with van der Waals surface area (Å²) in [5.74, 6) is -0.396. The summed E-state index contributed by atoms with van der Waals surface area (Å²) in [5.41, 5.74) is 1.62. The first-order valence-corrected chi connectivity index (χ1v) is 8.09. The third kappa shape index (κ3) is 5.06. The average molecular weight is 319 g/mol. The van der Waals surface area contributed by atoms with Crippen LogP contribution >= 0.6 is 8.20 Å². The molecule has 1 heterocycles. The highest BCUT2D eigenvalue weighted by Gasteiger charge is 2.16. The van der Waals surface area contributed by atoms with Crippen LogP contribution in [0.3, 0.4) is 0 Å². The van der Waals surface area contributed by atoms with Crippen LogP contribution in [0.4, 0.5) is 0 Å². The molecule has 1 unspecified atom stereocenters. The summed E-state index contributed by atoms with van der Waals surface area (Å²) in [4.78, 5) is 11.8. The summed E-state index contributed by atoms with van der Waals surface area (Å²) in [7, 11) is 0.960. The highest BCUT2D eigenvalue weighted by molar-refractivity contribution is 7.35. The molecule has 0 amide bonds. The number of hydrogen-bond acceptors (Lipinski definition) is 5. The Labute approximate surface area is 130 Å². The molecule has 0 saturated carbocycles. The minimum Gasteiger partial charge on any atom is -0.459 e. The first-order valence-electron chi connectivity index (χ1n) is 6.82. The second-order valence-corrected chi connectivity index (χ2v) is 5.39. The van der Waals surface area contributed by atoms with Crippen LogP contribution in [0, 0.1) is 0 Å². The maximum Gasteiger partial charge on any atom is 0.335 e. The van der Waals surface area contributed by atoms with Gasteiger partial charge in [-0.15, -0.1) is 5.10 Å². The second-order valence-electron chi connectivity index (χ2n) is 4.66. The third-order valence-corrected chi connectivity index (χ3v) is 3.36. The molecule has 0 N–H and O–H groups in total. The van der Waals surface area contributed by atoms with E-state index in [0.29, 0.717) is 12.0 Å². The van der Waals surface area contributed by atoms with Gasteiger partial charge in [-0.25, -0.2) is 9.48 Å². The van der Waals surface area contributed by atoms with Gasteiger partial charge in [0, 0.05) is 0 Å². The fourth-order valence-corrected chi connectivity index (χ4v) is 2.04. The summed E-state index contributed by atoms with van der Waals surface area (Å²) in [6, 6.07) is 9.52. The summed E-state index contributed by atoms with van der Waals surface area (Å²) in [5, 5.41) is 7.89. The SMILES string of the molecule is C=PCn1cc(COC(C)C(=O)OCc2ccccc2)nn1. The lowest BCUT2D eigenvalue weighted by Gasteiger charge is -2.11. The molecule has 1 aromatic carbocycles. The van der Waals surface area contributed by atoms with Crippen molar-refractivity contribution in [3.8, 4) is 0 Å². The topological polar surface area (TPSA) is 66.2 Å². The molecule has 0 fully saturated rings. The van der Waals surface area contributed by atoms with Crippen LogP contribution in [0.1, 0.15) is 18.2 Å². The van der Waals surface area contributed by atoms with Gasteiger partial charge in [-0.2, -0.15) is 0 Å². The van der Waals surface area contributed by atoms with Crippen LogP contribution in [0.15, 0.2) is 36.5 Å². The van der Waals surface area contributed by atoms with Crippen LogP contribution < -0.4 is 0 Å². The van der Waals surface area contributed by atoms with E-state index in [1.807, 2.05) is 30.3 Å².